The lowest BCUT2D eigenvalue weighted by Gasteiger charge is -2.59. The predicted molar refractivity (Wildman–Crippen MR) is 82.9 cm³/mol. The van der Waals surface area contributed by atoms with Gasteiger partial charge in [-0.2, -0.15) is 0 Å². The van der Waals surface area contributed by atoms with Crippen molar-refractivity contribution in [1.29, 1.82) is 0 Å². The second-order valence-corrected chi connectivity index (χ2v) is 8.18. The molecule has 0 saturated heterocycles. The highest BCUT2D eigenvalue weighted by molar-refractivity contribution is 5.08. The Morgan fingerprint density at radius 1 is 1.14 bits per heavy atom. The van der Waals surface area contributed by atoms with Crippen LogP contribution in [0.3, 0.4) is 0 Å². The van der Waals surface area contributed by atoms with Crippen LogP contribution in [-0.4, -0.2) is 11.0 Å². The van der Waals surface area contributed by atoms with Crippen LogP contribution in [0.4, 0.5) is 0 Å². The smallest absolute Gasteiger partial charge is 0.191 e. The molecule has 0 unspecified atom stereocenters. The maximum absolute atomic E-state index is 5.37. The number of nitrogens with zero attached hydrogens (tertiary/aromatic N) is 1. The second kappa shape index (κ2) is 4.84. The highest BCUT2D eigenvalue weighted by Gasteiger charge is 2.53. The molecule has 21 heavy (non-hydrogen) atoms. The van der Waals surface area contributed by atoms with Crippen molar-refractivity contribution in [3.05, 3.63) is 17.8 Å². The summed E-state index contributed by atoms with van der Waals surface area (Å²) in [5, 5.41) is 3.84. The Morgan fingerprint density at radius 3 is 2.19 bits per heavy atom. The zero-order chi connectivity index (χ0) is 14.6. The van der Waals surface area contributed by atoms with Gasteiger partial charge in [0.2, 0.25) is 0 Å². The Balaban J connectivity index is 1.48. The first-order valence-electron chi connectivity index (χ1n) is 8.72. The monoisotopic (exact) mass is 288 g/mol. The van der Waals surface area contributed by atoms with Gasteiger partial charge in [0.1, 0.15) is 6.26 Å². The third-order valence-electron chi connectivity index (χ3n) is 6.58. The third kappa shape index (κ3) is 2.34. The van der Waals surface area contributed by atoms with Gasteiger partial charge in [0, 0.05) is 13.0 Å². The minimum atomic E-state index is 0.283. The van der Waals surface area contributed by atoms with E-state index in [0.29, 0.717) is 11.5 Å². The molecule has 4 aliphatic carbocycles. The maximum Gasteiger partial charge on any atom is 0.191 e. The first kappa shape index (κ1) is 13.8. The summed E-state index contributed by atoms with van der Waals surface area (Å²) in [6.45, 7) is 6.55. The molecule has 2 atom stereocenters. The largest absolute Gasteiger partial charge is 0.449 e. The number of nitrogens with one attached hydrogen (secondary N) is 1. The van der Waals surface area contributed by atoms with Gasteiger partial charge in [-0.3, -0.25) is 0 Å². The zero-order valence-electron chi connectivity index (χ0n) is 13.6. The summed E-state index contributed by atoms with van der Waals surface area (Å²) in [5.74, 6) is 3.82. The van der Waals surface area contributed by atoms with Gasteiger partial charge in [-0.15, -0.1) is 0 Å². The number of oxazole rings is 1. The molecule has 3 nitrogen and oxygen atoms in total. The first-order chi connectivity index (χ1) is 10.0. The van der Waals surface area contributed by atoms with Crippen LogP contribution in [0.1, 0.15) is 70.0 Å². The fourth-order valence-electron chi connectivity index (χ4n) is 5.92. The van der Waals surface area contributed by atoms with Gasteiger partial charge in [-0.05, 0) is 75.5 Å². The third-order valence-corrected chi connectivity index (χ3v) is 6.58. The van der Waals surface area contributed by atoms with Gasteiger partial charge in [0.15, 0.2) is 5.89 Å². The first-order valence-corrected chi connectivity index (χ1v) is 8.72. The highest BCUT2D eigenvalue weighted by Crippen LogP contribution is 2.61. The molecule has 1 aromatic rings. The van der Waals surface area contributed by atoms with E-state index in [9.17, 15) is 0 Å². The fourth-order valence-corrected chi connectivity index (χ4v) is 5.92. The molecule has 0 amide bonds. The van der Waals surface area contributed by atoms with E-state index < -0.39 is 0 Å². The Bertz CT molecular complexity index is 486. The fraction of sp³-hybridized carbons (Fsp3) is 0.833. The van der Waals surface area contributed by atoms with Crippen molar-refractivity contribution in [2.45, 2.75) is 71.4 Å². The Kier molecular flexibility index (Phi) is 3.18. The minimum Gasteiger partial charge on any atom is -0.449 e. The van der Waals surface area contributed by atoms with Crippen LogP contribution in [0, 0.1) is 30.1 Å². The molecule has 0 spiro atoms. The predicted octanol–water partition coefficient (Wildman–Crippen LogP) is 4.24. The lowest BCUT2D eigenvalue weighted by Crippen LogP contribution is -2.55. The lowest BCUT2D eigenvalue weighted by atomic mass is 9.48. The lowest BCUT2D eigenvalue weighted by molar-refractivity contribution is -0.0720. The average Bonchev–Trinajstić information content (AvgIpc) is 2.84. The molecule has 0 aromatic carbocycles. The quantitative estimate of drug-likeness (QED) is 0.900. The van der Waals surface area contributed by atoms with Crippen molar-refractivity contribution in [3.63, 3.8) is 0 Å². The highest BCUT2D eigenvalue weighted by atomic mass is 16.3. The van der Waals surface area contributed by atoms with E-state index in [1.807, 2.05) is 6.92 Å². The summed E-state index contributed by atoms with van der Waals surface area (Å²) in [6, 6.07) is 0.864. The van der Waals surface area contributed by atoms with Crippen LogP contribution >= 0.6 is 0 Å². The molecule has 4 saturated carbocycles. The van der Waals surface area contributed by atoms with Crippen LogP contribution in [0.2, 0.25) is 0 Å². The van der Waals surface area contributed by atoms with Crippen molar-refractivity contribution in [1.82, 2.24) is 10.3 Å². The van der Waals surface area contributed by atoms with E-state index in [4.69, 9.17) is 4.42 Å². The van der Waals surface area contributed by atoms with E-state index in [0.717, 1.165) is 29.3 Å². The molecule has 4 aliphatic rings. The second-order valence-electron chi connectivity index (χ2n) is 8.18. The Labute approximate surface area is 127 Å². The summed E-state index contributed by atoms with van der Waals surface area (Å²) in [4.78, 5) is 4.48. The standard InChI is InChI=1S/C18H28N2O/c1-11(17-10-21-13(3)20-17)19-12(2)18-7-14-4-15(8-18)6-16(5-14)9-18/h10-12,14-16,19H,4-9H2,1-3H3/t11-,12-,14?,15?,16?,18?/m1/s1. The van der Waals surface area contributed by atoms with Crippen molar-refractivity contribution in [2.75, 3.05) is 0 Å². The molecule has 3 heteroatoms. The average molecular weight is 288 g/mol. The maximum atomic E-state index is 5.37. The zero-order valence-corrected chi connectivity index (χ0v) is 13.6. The van der Waals surface area contributed by atoms with E-state index in [-0.39, 0.29) is 6.04 Å². The number of aryl methyl sites for hydroxylation is 1. The van der Waals surface area contributed by atoms with Crippen LogP contribution in [0.25, 0.3) is 0 Å². The van der Waals surface area contributed by atoms with Gasteiger partial charge in [0.25, 0.3) is 0 Å². The molecule has 4 bridgehead atoms. The van der Waals surface area contributed by atoms with Crippen LogP contribution in [0.5, 0.6) is 0 Å². The van der Waals surface area contributed by atoms with Gasteiger partial charge >= 0.3 is 0 Å². The molecular formula is C18H28N2O. The van der Waals surface area contributed by atoms with Crippen molar-refractivity contribution in [3.8, 4) is 0 Å². The Morgan fingerprint density at radius 2 is 1.71 bits per heavy atom. The number of rotatable bonds is 4. The SMILES string of the molecule is Cc1nc([C@@H](C)N[C@H](C)C23CC4CC(CC(C4)C2)C3)co1. The summed E-state index contributed by atoms with van der Waals surface area (Å²) >= 11 is 0. The molecule has 0 radical (unpaired) electrons. The number of hydrogen-bond donors (Lipinski definition) is 1. The summed E-state index contributed by atoms with van der Waals surface area (Å²) in [6.07, 6.45) is 10.7. The van der Waals surface area contributed by atoms with Gasteiger partial charge in [-0.1, -0.05) is 0 Å². The molecule has 0 aliphatic heterocycles. The van der Waals surface area contributed by atoms with Gasteiger partial charge in [0.05, 0.1) is 11.7 Å². The summed E-state index contributed by atoms with van der Waals surface area (Å²) in [7, 11) is 0. The molecule has 1 N–H and O–H groups in total. The van der Waals surface area contributed by atoms with Crippen LogP contribution in [-0.2, 0) is 0 Å². The molecule has 5 rings (SSSR count). The van der Waals surface area contributed by atoms with Crippen molar-refractivity contribution < 1.29 is 4.42 Å². The Hall–Kier alpha value is -0.830. The summed E-state index contributed by atoms with van der Waals surface area (Å²) in [5.41, 5.74) is 1.60. The van der Waals surface area contributed by atoms with E-state index >= 15 is 0 Å². The van der Waals surface area contributed by atoms with Gasteiger partial charge < -0.3 is 9.73 Å². The van der Waals surface area contributed by atoms with Crippen LogP contribution in [0.15, 0.2) is 10.7 Å². The van der Waals surface area contributed by atoms with E-state index in [1.165, 1.54) is 38.5 Å². The molecule has 1 heterocycles. The molecule has 4 fully saturated rings. The van der Waals surface area contributed by atoms with E-state index in [2.05, 4.69) is 24.1 Å². The minimum absolute atomic E-state index is 0.283. The molecule has 116 valence electrons. The molecule has 1 aromatic heterocycles. The summed E-state index contributed by atoms with van der Waals surface area (Å²) < 4.78 is 5.37. The van der Waals surface area contributed by atoms with Crippen LogP contribution < -0.4 is 5.32 Å². The normalized spacial score (nSPS) is 40.4. The van der Waals surface area contributed by atoms with Crippen molar-refractivity contribution in [2.24, 2.45) is 23.2 Å². The van der Waals surface area contributed by atoms with E-state index in [1.54, 1.807) is 6.26 Å². The van der Waals surface area contributed by atoms with Crippen molar-refractivity contribution >= 4 is 0 Å². The molecular weight excluding hydrogens is 260 g/mol. The number of aromatic nitrogens is 1. The number of hydrogen-bond acceptors (Lipinski definition) is 3. The van der Waals surface area contributed by atoms with Gasteiger partial charge in [-0.25, -0.2) is 4.98 Å². The topological polar surface area (TPSA) is 38.1 Å².